The fraction of sp³-hybridized carbons (Fsp3) is 1.00. The molecule has 0 N–H and O–H groups in total. The average molecular weight is 171 g/mol. The van der Waals surface area contributed by atoms with Crippen LogP contribution in [0.2, 0.25) is 0 Å². The molecule has 2 fully saturated rings. The predicted molar refractivity (Wildman–Crippen MR) is 51.3 cm³/mol. The van der Waals surface area contributed by atoms with Crippen molar-refractivity contribution >= 4 is 0 Å². The van der Waals surface area contributed by atoms with Gasteiger partial charge < -0.3 is 9.64 Å². The van der Waals surface area contributed by atoms with Crippen LogP contribution in [0.4, 0.5) is 0 Å². The van der Waals surface area contributed by atoms with E-state index in [1.165, 1.54) is 26.1 Å². The molecular formula is C10H21NO. The molecule has 0 unspecified atom stereocenters. The van der Waals surface area contributed by atoms with Gasteiger partial charge in [0.05, 0.1) is 6.61 Å². The predicted octanol–water partition coefficient (Wildman–Crippen LogP) is 1.75. The van der Waals surface area contributed by atoms with Crippen molar-refractivity contribution < 1.29 is 4.74 Å². The van der Waals surface area contributed by atoms with E-state index in [9.17, 15) is 0 Å². The van der Waals surface area contributed by atoms with E-state index in [2.05, 4.69) is 11.8 Å². The summed E-state index contributed by atoms with van der Waals surface area (Å²) < 4.78 is 5.37. The summed E-state index contributed by atoms with van der Waals surface area (Å²) in [6, 6.07) is 0. The Morgan fingerprint density at radius 1 is 1.33 bits per heavy atom. The maximum Gasteiger partial charge on any atom is 0.0547 e. The lowest BCUT2D eigenvalue weighted by Gasteiger charge is -2.46. The van der Waals surface area contributed by atoms with Crippen molar-refractivity contribution in [2.24, 2.45) is 5.41 Å². The molecule has 0 bridgehead atoms. The van der Waals surface area contributed by atoms with Crippen LogP contribution in [0, 0.1) is 5.41 Å². The fourth-order valence-corrected chi connectivity index (χ4v) is 2.02. The molecule has 12 heavy (non-hydrogen) atoms. The molecule has 1 spiro atoms. The molecular weight excluding hydrogens is 150 g/mol. The van der Waals surface area contributed by atoms with E-state index in [-0.39, 0.29) is 0 Å². The van der Waals surface area contributed by atoms with E-state index >= 15 is 0 Å². The van der Waals surface area contributed by atoms with Crippen molar-refractivity contribution in [2.75, 3.05) is 32.8 Å². The Hall–Kier alpha value is -0.0800. The molecule has 0 atom stereocenters. The van der Waals surface area contributed by atoms with Crippen LogP contribution in [0.25, 0.3) is 0 Å². The minimum absolute atomic E-state index is 0.593. The summed E-state index contributed by atoms with van der Waals surface area (Å²) >= 11 is 0. The fourth-order valence-electron chi connectivity index (χ4n) is 2.02. The first-order valence-electron chi connectivity index (χ1n) is 5.15. The number of hydrogen-bond acceptors (Lipinski definition) is 2. The van der Waals surface area contributed by atoms with E-state index in [0.717, 1.165) is 13.2 Å². The van der Waals surface area contributed by atoms with Gasteiger partial charge >= 0.3 is 0 Å². The van der Waals surface area contributed by atoms with Crippen molar-refractivity contribution in [3.8, 4) is 0 Å². The molecule has 0 aromatic carbocycles. The molecule has 2 heteroatoms. The molecule has 2 nitrogen and oxygen atoms in total. The Morgan fingerprint density at radius 3 is 2.42 bits per heavy atom. The van der Waals surface area contributed by atoms with Crippen molar-refractivity contribution in [3.05, 3.63) is 0 Å². The van der Waals surface area contributed by atoms with E-state index in [0.29, 0.717) is 5.41 Å². The van der Waals surface area contributed by atoms with E-state index in [1.807, 2.05) is 13.8 Å². The highest BCUT2D eigenvalue weighted by molar-refractivity contribution is 4.96. The molecule has 0 aromatic rings. The Bertz CT molecular complexity index is 122. The summed E-state index contributed by atoms with van der Waals surface area (Å²) in [5, 5.41) is 0. The molecule has 2 rings (SSSR count). The minimum Gasteiger partial charge on any atom is -0.381 e. The maximum absolute atomic E-state index is 5.37. The van der Waals surface area contributed by atoms with Crippen LogP contribution in [0.5, 0.6) is 0 Å². The highest BCUT2D eigenvalue weighted by Crippen LogP contribution is 2.37. The molecule has 0 saturated carbocycles. The molecule has 2 aliphatic heterocycles. The van der Waals surface area contributed by atoms with Crippen LogP contribution in [-0.4, -0.2) is 37.7 Å². The van der Waals surface area contributed by atoms with Crippen LogP contribution in [0.3, 0.4) is 0 Å². The van der Waals surface area contributed by atoms with Crippen LogP contribution in [0.15, 0.2) is 0 Å². The lowest BCUT2D eigenvalue weighted by molar-refractivity contribution is -0.00278. The lowest BCUT2D eigenvalue weighted by atomic mass is 9.79. The van der Waals surface area contributed by atoms with Gasteiger partial charge in [-0.15, -0.1) is 0 Å². The van der Waals surface area contributed by atoms with Gasteiger partial charge in [0.15, 0.2) is 0 Å². The van der Waals surface area contributed by atoms with E-state index in [1.54, 1.807) is 0 Å². The number of likely N-dealkylation sites (tertiary alicyclic amines) is 1. The Morgan fingerprint density at radius 2 is 2.00 bits per heavy atom. The lowest BCUT2D eigenvalue weighted by Crippen LogP contribution is -2.56. The summed E-state index contributed by atoms with van der Waals surface area (Å²) in [6.45, 7) is 12.0. The van der Waals surface area contributed by atoms with Gasteiger partial charge in [0.25, 0.3) is 0 Å². The molecule has 2 aliphatic rings. The number of ether oxygens (including phenoxy) is 1. The van der Waals surface area contributed by atoms with Gasteiger partial charge in [-0.2, -0.15) is 0 Å². The summed E-state index contributed by atoms with van der Waals surface area (Å²) in [4.78, 5) is 2.48. The zero-order valence-corrected chi connectivity index (χ0v) is 8.60. The first kappa shape index (κ1) is 10.0. The second-order valence-corrected chi connectivity index (χ2v) is 3.61. The topological polar surface area (TPSA) is 12.5 Å². The summed E-state index contributed by atoms with van der Waals surface area (Å²) in [5.74, 6) is 0. The van der Waals surface area contributed by atoms with Gasteiger partial charge in [0, 0.05) is 25.1 Å². The van der Waals surface area contributed by atoms with Gasteiger partial charge in [0.2, 0.25) is 0 Å². The van der Waals surface area contributed by atoms with Crippen molar-refractivity contribution in [2.45, 2.75) is 27.2 Å². The van der Waals surface area contributed by atoms with Crippen molar-refractivity contribution in [1.82, 2.24) is 4.90 Å². The normalized spacial score (nSPS) is 26.2. The van der Waals surface area contributed by atoms with E-state index < -0.39 is 0 Å². The third-order valence-corrected chi connectivity index (χ3v) is 2.75. The molecule has 72 valence electrons. The monoisotopic (exact) mass is 171 g/mol. The summed E-state index contributed by atoms with van der Waals surface area (Å²) in [5.41, 5.74) is 0.593. The first-order chi connectivity index (χ1) is 5.85. The number of hydrogen-bond donors (Lipinski definition) is 0. The maximum atomic E-state index is 5.37. The quantitative estimate of drug-likeness (QED) is 0.596. The highest BCUT2D eigenvalue weighted by atomic mass is 16.5. The Kier molecular flexibility index (Phi) is 3.53. The average Bonchev–Trinajstić information content (AvgIpc) is 2.53. The van der Waals surface area contributed by atoms with E-state index in [4.69, 9.17) is 4.74 Å². The minimum atomic E-state index is 0.593. The summed E-state index contributed by atoms with van der Waals surface area (Å²) in [7, 11) is 0. The van der Waals surface area contributed by atoms with Crippen LogP contribution >= 0.6 is 0 Å². The van der Waals surface area contributed by atoms with Gasteiger partial charge in [0.1, 0.15) is 0 Å². The molecule has 2 saturated heterocycles. The third kappa shape index (κ3) is 1.80. The van der Waals surface area contributed by atoms with Crippen LogP contribution in [0.1, 0.15) is 27.2 Å². The van der Waals surface area contributed by atoms with Crippen molar-refractivity contribution in [3.63, 3.8) is 0 Å². The first-order valence-corrected chi connectivity index (χ1v) is 5.15. The second kappa shape index (κ2) is 4.24. The van der Waals surface area contributed by atoms with Gasteiger partial charge in [-0.1, -0.05) is 20.8 Å². The van der Waals surface area contributed by atoms with Gasteiger partial charge in [-0.3, -0.25) is 0 Å². The number of rotatable bonds is 1. The smallest absolute Gasteiger partial charge is 0.0547 e. The molecule has 0 radical (unpaired) electrons. The van der Waals surface area contributed by atoms with Crippen LogP contribution < -0.4 is 0 Å². The van der Waals surface area contributed by atoms with Crippen LogP contribution in [-0.2, 0) is 4.74 Å². The molecule has 0 amide bonds. The molecule has 0 aromatic heterocycles. The standard InChI is InChI=1S/C8H15NO.C2H6/c1-2-9-5-8(6-9)3-4-10-7-8;1-2/h2-7H2,1H3;1-2H3. The third-order valence-electron chi connectivity index (χ3n) is 2.75. The van der Waals surface area contributed by atoms with Crippen molar-refractivity contribution in [1.29, 1.82) is 0 Å². The Balaban J connectivity index is 0.000000336. The number of nitrogens with zero attached hydrogens (tertiary/aromatic N) is 1. The highest BCUT2D eigenvalue weighted by Gasteiger charge is 2.44. The van der Waals surface area contributed by atoms with Gasteiger partial charge in [-0.25, -0.2) is 0 Å². The Labute approximate surface area is 75.9 Å². The SMILES string of the molecule is CC.CCN1CC2(CCOC2)C1. The zero-order chi connectivity index (χ0) is 9.03. The van der Waals surface area contributed by atoms with Gasteiger partial charge in [-0.05, 0) is 13.0 Å². The molecule has 2 heterocycles. The second-order valence-electron chi connectivity index (χ2n) is 3.61. The molecule has 0 aliphatic carbocycles. The largest absolute Gasteiger partial charge is 0.381 e. The summed E-state index contributed by atoms with van der Waals surface area (Å²) in [6.07, 6.45) is 1.30. The zero-order valence-electron chi connectivity index (χ0n) is 8.60.